The third kappa shape index (κ3) is 2.57. The van der Waals surface area contributed by atoms with Crippen LogP contribution in [-0.4, -0.2) is 34.3 Å². The van der Waals surface area contributed by atoms with E-state index in [2.05, 4.69) is 10.3 Å². The average molecular weight is 305 g/mol. The van der Waals surface area contributed by atoms with Gasteiger partial charge in [0.2, 0.25) is 0 Å². The van der Waals surface area contributed by atoms with Crippen molar-refractivity contribution < 1.29 is 14.2 Å². The second kappa shape index (κ2) is 4.92. The molecule has 1 aromatic rings. The lowest BCUT2D eigenvalue weighted by atomic mass is 9.78. The van der Waals surface area contributed by atoms with Crippen LogP contribution in [0.1, 0.15) is 40.5 Å². The summed E-state index contributed by atoms with van der Waals surface area (Å²) in [5.41, 5.74) is -0.00184. The van der Waals surface area contributed by atoms with Gasteiger partial charge in [-0.05, 0) is 40.5 Å². The molecule has 2 aliphatic rings. The van der Waals surface area contributed by atoms with Crippen LogP contribution in [0.15, 0.2) is 12.4 Å². The molecule has 1 saturated heterocycles. The first-order valence-corrected chi connectivity index (χ1v) is 7.46. The molecule has 0 radical (unpaired) electrons. The van der Waals surface area contributed by atoms with E-state index < -0.39 is 23.2 Å². The maximum atomic E-state index is 11.3. The minimum atomic E-state index is -0.668. The zero-order chi connectivity index (χ0) is 16.1. The number of anilines is 1. The zero-order valence-corrected chi connectivity index (χ0v) is 13.3. The lowest BCUT2D eigenvalue weighted by molar-refractivity contribution is -0.384. The van der Waals surface area contributed by atoms with Crippen molar-refractivity contribution in [3.63, 3.8) is 0 Å². The molecule has 1 aromatic heterocycles. The Morgan fingerprint density at radius 2 is 1.86 bits per heavy atom. The fourth-order valence-electron chi connectivity index (χ4n) is 2.34. The predicted molar refractivity (Wildman–Crippen MR) is 83.3 cm³/mol. The van der Waals surface area contributed by atoms with Crippen LogP contribution >= 0.6 is 0 Å². The third-order valence-corrected chi connectivity index (χ3v) is 4.58. The van der Waals surface area contributed by atoms with Crippen LogP contribution in [0.4, 0.5) is 11.4 Å². The molecule has 0 bridgehead atoms. The van der Waals surface area contributed by atoms with Gasteiger partial charge in [-0.3, -0.25) is 15.1 Å². The van der Waals surface area contributed by atoms with Crippen LogP contribution in [0.25, 0.3) is 0 Å². The molecule has 2 fully saturated rings. The minimum Gasteiger partial charge on any atom is -0.399 e. The molecule has 7 nitrogen and oxygen atoms in total. The molecule has 1 aliphatic carbocycles. The summed E-state index contributed by atoms with van der Waals surface area (Å²) in [6, 6.07) is 0.280. The van der Waals surface area contributed by atoms with Gasteiger partial charge >= 0.3 is 12.8 Å². The van der Waals surface area contributed by atoms with Gasteiger partial charge in [-0.15, -0.1) is 0 Å². The number of rotatable bonds is 4. The number of nitrogens with zero attached hydrogens (tertiary/aromatic N) is 2. The highest BCUT2D eigenvalue weighted by Crippen LogP contribution is 2.38. The Morgan fingerprint density at radius 3 is 2.36 bits per heavy atom. The largest absolute Gasteiger partial charge is 0.498 e. The van der Waals surface area contributed by atoms with Crippen LogP contribution in [0.2, 0.25) is 0 Å². The second-order valence-electron chi connectivity index (χ2n) is 6.89. The van der Waals surface area contributed by atoms with Crippen molar-refractivity contribution in [2.75, 3.05) is 5.32 Å². The molecular formula is C14H20BN3O4. The third-order valence-electron chi connectivity index (χ3n) is 4.58. The summed E-state index contributed by atoms with van der Waals surface area (Å²) in [5, 5.41) is 14.5. The molecule has 3 rings (SSSR count). The van der Waals surface area contributed by atoms with Crippen LogP contribution in [0, 0.1) is 10.1 Å². The van der Waals surface area contributed by atoms with Crippen LogP contribution in [-0.2, 0) is 9.31 Å². The van der Waals surface area contributed by atoms with Crippen molar-refractivity contribution in [2.45, 2.75) is 57.8 Å². The fourth-order valence-corrected chi connectivity index (χ4v) is 2.34. The van der Waals surface area contributed by atoms with Crippen LogP contribution < -0.4 is 10.8 Å². The quantitative estimate of drug-likeness (QED) is 0.519. The molecule has 1 N–H and O–H groups in total. The Labute approximate surface area is 129 Å². The Bertz CT molecular complexity index is 600. The van der Waals surface area contributed by atoms with Gasteiger partial charge in [-0.2, -0.15) is 0 Å². The van der Waals surface area contributed by atoms with Gasteiger partial charge < -0.3 is 14.6 Å². The number of hydrogen-bond acceptors (Lipinski definition) is 6. The van der Waals surface area contributed by atoms with Crippen molar-refractivity contribution in [3.05, 3.63) is 22.5 Å². The van der Waals surface area contributed by atoms with Crippen molar-refractivity contribution in [1.29, 1.82) is 0 Å². The van der Waals surface area contributed by atoms with E-state index in [9.17, 15) is 10.1 Å². The summed E-state index contributed by atoms with van der Waals surface area (Å²) in [5.74, 6) is 0. The molecule has 118 valence electrons. The number of nitrogens with one attached hydrogen (secondary N) is 1. The predicted octanol–water partition coefficient (Wildman–Crippen LogP) is 1.86. The fraction of sp³-hybridized carbons (Fsp3) is 0.643. The number of aromatic nitrogens is 1. The van der Waals surface area contributed by atoms with E-state index >= 15 is 0 Å². The van der Waals surface area contributed by atoms with Gasteiger partial charge in [0.15, 0.2) is 0 Å². The monoisotopic (exact) mass is 305 g/mol. The molecule has 2 heterocycles. The standard InChI is InChI=1S/C14H20BN3O4/c1-13(2)14(3,4)22-15(21-13)10-7-16-8-11(18(19)20)12(10)17-9-5-6-9/h7-9H,5-6H2,1-4H3,(H,16,17). The normalized spacial score (nSPS) is 22.6. The van der Waals surface area contributed by atoms with Crippen molar-refractivity contribution in [2.24, 2.45) is 0 Å². The summed E-state index contributed by atoms with van der Waals surface area (Å²) < 4.78 is 12.0. The van der Waals surface area contributed by atoms with E-state index in [1.54, 1.807) is 6.20 Å². The SMILES string of the molecule is CC1(C)OB(c2cncc([N+](=O)[O-])c2NC2CC2)OC1(C)C. The van der Waals surface area contributed by atoms with E-state index in [1.165, 1.54) is 6.20 Å². The van der Waals surface area contributed by atoms with Gasteiger partial charge in [0.25, 0.3) is 0 Å². The summed E-state index contributed by atoms with van der Waals surface area (Å²) >= 11 is 0. The maximum absolute atomic E-state index is 11.3. The first kappa shape index (κ1) is 15.2. The van der Waals surface area contributed by atoms with Gasteiger partial charge in [0, 0.05) is 17.7 Å². The van der Waals surface area contributed by atoms with E-state index in [4.69, 9.17) is 9.31 Å². The second-order valence-corrected chi connectivity index (χ2v) is 6.89. The Kier molecular flexibility index (Phi) is 3.41. The molecular weight excluding hydrogens is 285 g/mol. The smallest absolute Gasteiger partial charge is 0.399 e. The minimum absolute atomic E-state index is 0.0425. The van der Waals surface area contributed by atoms with Gasteiger partial charge in [-0.25, -0.2) is 0 Å². The Morgan fingerprint density at radius 1 is 1.27 bits per heavy atom. The van der Waals surface area contributed by atoms with Gasteiger partial charge in [-0.1, -0.05) is 0 Å². The zero-order valence-electron chi connectivity index (χ0n) is 13.3. The number of nitro groups is 1. The highest BCUT2D eigenvalue weighted by molar-refractivity contribution is 6.64. The lowest BCUT2D eigenvalue weighted by Crippen LogP contribution is -2.41. The molecule has 1 aliphatic heterocycles. The molecule has 0 unspecified atom stereocenters. The van der Waals surface area contributed by atoms with Crippen molar-refractivity contribution >= 4 is 24.0 Å². The first-order valence-electron chi connectivity index (χ1n) is 7.46. The van der Waals surface area contributed by atoms with Crippen molar-refractivity contribution in [3.8, 4) is 0 Å². The molecule has 1 saturated carbocycles. The van der Waals surface area contributed by atoms with E-state index in [0.717, 1.165) is 12.8 Å². The van der Waals surface area contributed by atoms with Gasteiger partial charge in [0.05, 0.1) is 16.1 Å². The van der Waals surface area contributed by atoms with E-state index in [1.807, 2.05) is 27.7 Å². The summed E-state index contributed by atoms with van der Waals surface area (Å²) in [7, 11) is -0.668. The van der Waals surface area contributed by atoms with Crippen LogP contribution in [0.5, 0.6) is 0 Å². The Hall–Kier alpha value is -1.67. The summed E-state index contributed by atoms with van der Waals surface area (Å²) in [4.78, 5) is 14.9. The number of hydrogen-bond donors (Lipinski definition) is 1. The topological polar surface area (TPSA) is 86.5 Å². The van der Waals surface area contributed by atoms with E-state index in [0.29, 0.717) is 11.2 Å². The highest BCUT2D eigenvalue weighted by atomic mass is 16.7. The first-order chi connectivity index (χ1) is 10.2. The number of pyridine rings is 1. The summed E-state index contributed by atoms with van der Waals surface area (Å²) in [6.07, 6.45) is 4.88. The molecule has 0 aromatic carbocycles. The molecule has 0 spiro atoms. The van der Waals surface area contributed by atoms with E-state index in [-0.39, 0.29) is 11.7 Å². The molecule has 8 heteroatoms. The summed E-state index contributed by atoms with van der Waals surface area (Å²) in [6.45, 7) is 7.80. The lowest BCUT2D eigenvalue weighted by Gasteiger charge is -2.32. The average Bonchev–Trinajstić information content (AvgIpc) is 3.17. The highest BCUT2D eigenvalue weighted by Gasteiger charge is 2.53. The molecule has 22 heavy (non-hydrogen) atoms. The molecule has 0 atom stereocenters. The molecule has 0 amide bonds. The Balaban J connectivity index is 2.00. The van der Waals surface area contributed by atoms with Crippen molar-refractivity contribution in [1.82, 2.24) is 4.98 Å². The van der Waals surface area contributed by atoms with Gasteiger partial charge in [0.1, 0.15) is 11.9 Å². The maximum Gasteiger partial charge on any atom is 0.498 e. The van der Waals surface area contributed by atoms with Crippen LogP contribution in [0.3, 0.4) is 0 Å².